The topological polar surface area (TPSA) is 29.5 Å². The molecule has 0 aromatic heterocycles. The predicted octanol–water partition coefficient (Wildman–Crippen LogP) is 7.37. The summed E-state index contributed by atoms with van der Waals surface area (Å²) in [7, 11) is 0. The Labute approximate surface area is 199 Å². The van der Waals surface area contributed by atoms with E-state index in [0.717, 1.165) is 31.2 Å². The van der Waals surface area contributed by atoms with Crippen LogP contribution in [0.4, 0.5) is 4.39 Å². The van der Waals surface area contributed by atoms with E-state index in [0.29, 0.717) is 18.4 Å². The summed E-state index contributed by atoms with van der Waals surface area (Å²) in [4.78, 5) is 0. The molecule has 4 aliphatic rings. The molecule has 0 radical (unpaired) electrons. The summed E-state index contributed by atoms with van der Waals surface area (Å²) in [6.07, 6.45) is 10.3. The zero-order valence-corrected chi connectivity index (χ0v) is 21.1. The van der Waals surface area contributed by atoms with Gasteiger partial charge in [0.05, 0.1) is 18.8 Å². The molecule has 4 aliphatic carbocycles. The van der Waals surface area contributed by atoms with E-state index in [1.54, 1.807) is 28.9 Å². The van der Waals surface area contributed by atoms with Crippen molar-refractivity contribution in [2.75, 3.05) is 0 Å². The number of aliphatic hydroxyl groups is 1. The van der Waals surface area contributed by atoms with E-state index in [-0.39, 0.29) is 34.3 Å². The Morgan fingerprint density at radius 3 is 2.64 bits per heavy atom. The predicted molar refractivity (Wildman–Crippen MR) is 131 cm³/mol. The molecule has 1 aromatic carbocycles. The fourth-order valence-corrected chi connectivity index (χ4v) is 8.40. The highest BCUT2D eigenvalue weighted by Crippen LogP contribution is 2.66. The van der Waals surface area contributed by atoms with Crippen LogP contribution in [-0.4, -0.2) is 17.3 Å². The molecule has 1 aromatic rings. The van der Waals surface area contributed by atoms with Gasteiger partial charge in [-0.05, 0) is 109 Å². The molecule has 0 amide bonds. The number of aliphatic hydroxyl groups excluding tert-OH is 1. The summed E-state index contributed by atoms with van der Waals surface area (Å²) in [6.45, 7) is 12.2. The van der Waals surface area contributed by atoms with E-state index in [1.165, 1.54) is 25.3 Å². The molecule has 1 N–H and O–H groups in total. The van der Waals surface area contributed by atoms with Crippen molar-refractivity contribution < 1.29 is 14.2 Å². The van der Waals surface area contributed by atoms with Crippen LogP contribution in [0.2, 0.25) is 0 Å². The lowest BCUT2D eigenvalue weighted by Crippen LogP contribution is -2.53. The number of fused-ring (bicyclic) bond motifs is 4. The van der Waals surface area contributed by atoms with Crippen molar-refractivity contribution in [3.63, 3.8) is 0 Å². The van der Waals surface area contributed by atoms with Gasteiger partial charge in [-0.15, -0.1) is 0 Å². The van der Waals surface area contributed by atoms with Gasteiger partial charge in [0.1, 0.15) is 5.82 Å². The van der Waals surface area contributed by atoms with Gasteiger partial charge >= 0.3 is 0 Å². The Bertz CT molecular complexity index is 991. The Kier molecular flexibility index (Phi) is 5.69. The van der Waals surface area contributed by atoms with Gasteiger partial charge in [0, 0.05) is 0 Å². The standard InChI is InChI=1S/C30H41FO2/c1-19(33-18-20-7-6-8-21(31)17-20)23-10-11-24-22-9-12-26-28(2,3)27(32)14-16-30(26,5)25(22)13-15-29(23,24)4/h6-8,11,17,19,23,26-27,32H,9-10,12-16,18H2,1-5H3/t19?,23-,26?,27+,29-,30-/m1/s1. The molecule has 6 atom stereocenters. The smallest absolute Gasteiger partial charge is 0.123 e. The fourth-order valence-electron chi connectivity index (χ4n) is 8.40. The fraction of sp³-hybridized carbons (Fsp3) is 0.667. The number of allylic oxidation sites excluding steroid dienone is 4. The molecule has 180 valence electrons. The van der Waals surface area contributed by atoms with E-state index < -0.39 is 0 Å². The lowest BCUT2D eigenvalue weighted by atomic mass is 9.46. The molecular formula is C30H41FO2. The maximum atomic E-state index is 13.6. The van der Waals surface area contributed by atoms with Gasteiger partial charge < -0.3 is 9.84 Å². The highest BCUT2D eigenvalue weighted by atomic mass is 19.1. The van der Waals surface area contributed by atoms with Gasteiger partial charge in [-0.25, -0.2) is 4.39 Å². The van der Waals surface area contributed by atoms with Crippen LogP contribution in [0.5, 0.6) is 0 Å². The molecule has 5 rings (SSSR count). The van der Waals surface area contributed by atoms with Gasteiger partial charge in [0.25, 0.3) is 0 Å². The Balaban J connectivity index is 1.37. The number of hydrogen-bond acceptors (Lipinski definition) is 2. The number of hydrogen-bond donors (Lipinski definition) is 1. The molecule has 0 saturated heterocycles. The van der Waals surface area contributed by atoms with Crippen molar-refractivity contribution in [3.05, 3.63) is 58.4 Å². The quantitative estimate of drug-likeness (QED) is 0.517. The van der Waals surface area contributed by atoms with E-state index in [2.05, 4.69) is 40.7 Å². The second-order valence-corrected chi connectivity index (χ2v) is 12.4. The van der Waals surface area contributed by atoms with E-state index in [4.69, 9.17) is 4.74 Å². The van der Waals surface area contributed by atoms with Crippen LogP contribution in [0.3, 0.4) is 0 Å². The minimum atomic E-state index is -0.199. The molecular weight excluding hydrogens is 411 g/mol. The van der Waals surface area contributed by atoms with Crippen LogP contribution < -0.4 is 0 Å². The van der Waals surface area contributed by atoms with Gasteiger partial charge in [-0.3, -0.25) is 0 Å². The number of ether oxygens (including phenoxy) is 1. The number of rotatable bonds is 4. The first kappa shape index (κ1) is 23.3. The normalized spacial score (nSPS) is 38.3. The third-order valence-corrected chi connectivity index (χ3v) is 10.4. The third-order valence-electron chi connectivity index (χ3n) is 10.4. The second-order valence-electron chi connectivity index (χ2n) is 12.4. The van der Waals surface area contributed by atoms with Gasteiger partial charge in [0.2, 0.25) is 0 Å². The summed E-state index contributed by atoms with van der Waals surface area (Å²) in [5.41, 5.74) is 6.21. The van der Waals surface area contributed by atoms with Crippen molar-refractivity contribution >= 4 is 0 Å². The number of halogens is 1. The molecule has 0 spiro atoms. The summed E-state index contributed by atoms with van der Waals surface area (Å²) in [5.74, 6) is 0.822. The zero-order chi connectivity index (χ0) is 23.6. The molecule has 0 bridgehead atoms. The van der Waals surface area contributed by atoms with Crippen LogP contribution in [-0.2, 0) is 11.3 Å². The van der Waals surface area contributed by atoms with Crippen LogP contribution in [0.25, 0.3) is 0 Å². The minimum Gasteiger partial charge on any atom is -0.393 e. The van der Waals surface area contributed by atoms with Gasteiger partial charge in [0.15, 0.2) is 0 Å². The van der Waals surface area contributed by atoms with Gasteiger partial charge in [-0.1, -0.05) is 51.5 Å². The highest BCUT2D eigenvalue weighted by Gasteiger charge is 2.57. The first-order chi connectivity index (χ1) is 15.6. The maximum Gasteiger partial charge on any atom is 0.123 e. The Morgan fingerprint density at radius 1 is 1.09 bits per heavy atom. The molecule has 1 fully saturated rings. The van der Waals surface area contributed by atoms with Crippen molar-refractivity contribution in [1.82, 2.24) is 0 Å². The van der Waals surface area contributed by atoms with Crippen molar-refractivity contribution in [3.8, 4) is 0 Å². The molecule has 0 aliphatic heterocycles. The third kappa shape index (κ3) is 3.57. The SMILES string of the molecule is CC(OCc1cccc(F)c1)[C@H]1CC=C2C3=C(CC[C@@]21C)[C@@]1(C)CC[C@H](O)C(C)(C)C1CC3. The van der Waals surface area contributed by atoms with Crippen molar-refractivity contribution in [2.24, 2.45) is 28.1 Å². The maximum absolute atomic E-state index is 13.6. The average molecular weight is 453 g/mol. The summed E-state index contributed by atoms with van der Waals surface area (Å²) >= 11 is 0. The van der Waals surface area contributed by atoms with E-state index >= 15 is 0 Å². The monoisotopic (exact) mass is 452 g/mol. The molecule has 2 unspecified atom stereocenters. The van der Waals surface area contributed by atoms with Crippen LogP contribution in [0.15, 0.2) is 47.1 Å². The van der Waals surface area contributed by atoms with Gasteiger partial charge in [-0.2, -0.15) is 0 Å². The lowest BCUT2D eigenvalue weighted by molar-refractivity contribution is -0.0910. The van der Waals surface area contributed by atoms with Crippen LogP contribution in [0.1, 0.15) is 85.1 Å². The first-order valence-electron chi connectivity index (χ1n) is 13.0. The summed E-state index contributed by atoms with van der Waals surface area (Å²) < 4.78 is 19.9. The molecule has 1 saturated carbocycles. The van der Waals surface area contributed by atoms with E-state index in [9.17, 15) is 9.50 Å². The molecule has 2 nitrogen and oxygen atoms in total. The Morgan fingerprint density at radius 2 is 1.88 bits per heavy atom. The van der Waals surface area contributed by atoms with E-state index in [1.807, 2.05) is 6.07 Å². The molecule has 3 heteroatoms. The lowest BCUT2D eigenvalue weighted by Gasteiger charge is -2.59. The molecule has 33 heavy (non-hydrogen) atoms. The van der Waals surface area contributed by atoms with Crippen molar-refractivity contribution in [1.29, 1.82) is 0 Å². The van der Waals surface area contributed by atoms with Crippen LogP contribution in [0, 0.1) is 33.9 Å². The summed E-state index contributed by atoms with van der Waals surface area (Å²) in [5, 5.41) is 10.8. The minimum absolute atomic E-state index is 0.0157. The summed E-state index contributed by atoms with van der Waals surface area (Å²) in [6, 6.07) is 6.76. The first-order valence-corrected chi connectivity index (χ1v) is 13.0. The highest BCUT2D eigenvalue weighted by molar-refractivity contribution is 5.50. The van der Waals surface area contributed by atoms with Crippen LogP contribution >= 0.6 is 0 Å². The largest absolute Gasteiger partial charge is 0.393 e. The number of benzene rings is 1. The van der Waals surface area contributed by atoms with Crippen molar-refractivity contribution in [2.45, 2.75) is 98.4 Å². The zero-order valence-electron chi connectivity index (χ0n) is 21.1. The second kappa shape index (κ2) is 8.05. The molecule has 0 heterocycles. The average Bonchev–Trinajstić information content (AvgIpc) is 3.12. The Hall–Kier alpha value is -1.45.